The van der Waals surface area contributed by atoms with E-state index in [9.17, 15) is 9.59 Å². The van der Waals surface area contributed by atoms with E-state index in [0.29, 0.717) is 30.1 Å². The van der Waals surface area contributed by atoms with Crippen molar-refractivity contribution in [1.29, 1.82) is 0 Å². The normalized spacial score (nSPS) is 46.4. The van der Waals surface area contributed by atoms with Crippen LogP contribution in [-0.4, -0.2) is 23.7 Å². The SMILES string of the molecule is CC1=C[C@@]2(C)C(=C(C)[C@H]3[C@@H]4C[C@H](C)C[C@H](C)[C@H]4[C@H]4Oc5ccc(cc5)C[C@@H]5C(=O)NC(=O)[C@H]5C(=O)[C@@H]2[C@@H]43)[C@H]1C. The molecule has 2 amide bonds. The van der Waals surface area contributed by atoms with E-state index in [2.05, 4.69) is 52.9 Å². The molecule has 3 heterocycles. The molecule has 4 aliphatic carbocycles. The summed E-state index contributed by atoms with van der Waals surface area (Å²) in [5, 5.41) is 2.55. The third kappa shape index (κ3) is 3.34. The van der Waals surface area contributed by atoms with Gasteiger partial charge in [-0.1, -0.05) is 62.6 Å². The molecule has 1 aromatic carbocycles. The van der Waals surface area contributed by atoms with Gasteiger partial charge in [-0.15, -0.1) is 0 Å². The molecule has 5 heteroatoms. The van der Waals surface area contributed by atoms with E-state index in [4.69, 9.17) is 4.74 Å². The van der Waals surface area contributed by atoms with E-state index >= 15 is 4.79 Å². The predicted molar refractivity (Wildman–Crippen MR) is 148 cm³/mol. The van der Waals surface area contributed by atoms with Crippen LogP contribution in [0.3, 0.4) is 0 Å². The van der Waals surface area contributed by atoms with Crippen molar-refractivity contribution >= 4 is 17.6 Å². The second-order valence-corrected chi connectivity index (χ2v) is 14.1. The zero-order valence-corrected chi connectivity index (χ0v) is 24.0. The lowest BCUT2D eigenvalue weighted by atomic mass is 9.53. The summed E-state index contributed by atoms with van der Waals surface area (Å²) in [5.74, 6) is 0.416. The van der Waals surface area contributed by atoms with Crippen molar-refractivity contribution in [3.05, 3.63) is 52.6 Å². The van der Waals surface area contributed by atoms with Gasteiger partial charge in [0, 0.05) is 23.2 Å². The Morgan fingerprint density at radius 1 is 0.949 bits per heavy atom. The van der Waals surface area contributed by atoms with Crippen LogP contribution in [0.1, 0.15) is 59.9 Å². The highest BCUT2D eigenvalue weighted by Crippen LogP contribution is 2.67. The number of Topliss-reactive ketones (excluding diaryl/α,β-unsaturated/α-hetero) is 1. The van der Waals surface area contributed by atoms with Gasteiger partial charge in [0.2, 0.25) is 11.8 Å². The van der Waals surface area contributed by atoms with E-state index in [1.807, 2.05) is 24.3 Å². The van der Waals surface area contributed by atoms with E-state index in [1.165, 1.54) is 23.1 Å². The Morgan fingerprint density at radius 2 is 1.67 bits per heavy atom. The summed E-state index contributed by atoms with van der Waals surface area (Å²) < 4.78 is 7.02. The molecule has 0 radical (unpaired) electrons. The van der Waals surface area contributed by atoms with Crippen LogP contribution < -0.4 is 10.1 Å². The number of fused-ring (bicyclic) bond motifs is 5. The number of hydrogen-bond donors (Lipinski definition) is 1. The van der Waals surface area contributed by atoms with Gasteiger partial charge >= 0.3 is 0 Å². The minimum Gasteiger partial charge on any atom is -0.490 e. The molecule has 0 aromatic heterocycles. The van der Waals surface area contributed by atoms with E-state index in [1.54, 1.807) is 0 Å². The maximum Gasteiger partial charge on any atom is 0.237 e. The Hall–Kier alpha value is -2.69. The summed E-state index contributed by atoms with van der Waals surface area (Å²) in [6.07, 6.45) is 4.90. The lowest BCUT2D eigenvalue weighted by molar-refractivity contribution is -0.141. The Balaban J connectivity index is 1.49. The summed E-state index contributed by atoms with van der Waals surface area (Å²) >= 11 is 0. The molecule has 39 heavy (non-hydrogen) atoms. The number of allylic oxidation sites excluding steroid dienone is 4. The Morgan fingerprint density at radius 3 is 2.38 bits per heavy atom. The maximum atomic E-state index is 15.0. The first-order chi connectivity index (χ1) is 18.5. The minimum absolute atomic E-state index is 0.0356. The number of ketones is 1. The van der Waals surface area contributed by atoms with Gasteiger partial charge in [0.1, 0.15) is 17.8 Å². The molecular formula is C34H41NO4. The van der Waals surface area contributed by atoms with Gasteiger partial charge < -0.3 is 4.74 Å². The zero-order valence-electron chi connectivity index (χ0n) is 24.0. The molecule has 206 valence electrons. The molecule has 7 aliphatic rings. The van der Waals surface area contributed by atoms with Gasteiger partial charge in [-0.3, -0.25) is 19.7 Å². The number of imide groups is 1. The third-order valence-electron chi connectivity index (χ3n) is 11.9. The van der Waals surface area contributed by atoms with Crippen molar-refractivity contribution in [3.63, 3.8) is 0 Å². The molecule has 12 atom stereocenters. The quantitative estimate of drug-likeness (QED) is 0.273. The van der Waals surface area contributed by atoms with Crippen LogP contribution in [0.5, 0.6) is 5.75 Å². The van der Waals surface area contributed by atoms with Crippen molar-refractivity contribution in [2.75, 3.05) is 0 Å². The third-order valence-corrected chi connectivity index (χ3v) is 11.9. The molecule has 1 aromatic rings. The lowest BCUT2D eigenvalue weighted by Gasteiger charge is -2.49. The Bertz CT molecular complexity index is 1340. The standard InChI is InChI=1S/C34H41NO4/c1-15-11-16(2)24-22(12-15)25-19(5)28-18(4)17(3)14-34(28,6)29-27(25)31(24)39-21-9-7-20(8-10-21)13-23-26(30(29)36)33(38)35-32(23)37/h7-10,14-16,18,22-27,29,31H,11-13H2,1-6H3,(H,35,37,38)/t15-,16+,18+,22-,23+,24-,25+,26-,27+,29+,31-,34+/m1/s1. The van der Waals surface area contributed by atoms with Crippen molar-refractivity contribution in [2.24, 2.45) is 64.6 Å². The molecule has 5 nitrogen and oxygen atoms in total. The van der Waals surface area contributed by atoms with Crippen molar-refractivity contribution < 1.29 is 19.1 Å². The number of carbonyl (C=O) groups excluding carboxylic acids is 3. The van der Waals surface area contributed by atoms with Crippen LogP contribution in [0.4, 0.5) is 0 Å². The molecule has 0 unspecified atom stereocenters. The topological polar surface area (TPSA) is 72.5 Å². The largest absolute Gasteiger partial charge is 0.490 e. The van der Waals surface area contributed by atoms with Gasteiger partial charge in [0.25, 0.3) is 0 Å². The second-order valence-electron chi connectivity index (χ2n) is 14.1. The molecule has 1 saturated heterocycles. The average Bonchev–Trinajstić information content (AvgIpc) is 3.40. The number of ether oxygens (including phenoxy) is 1. The van der Waals surface area contributed by atoms with Crippen molar-refractivity contribution in [3.8, 4) is 5.75 Å². The van der Waals surface area contributed by atoms with Gasteiger partial charge in [0.05, 0.1) is 5.92 Å². The molecule has 3 fully saturated rings. The lowest BCUT2D eigenvalue weighted by Crippen LogP contribution is -2.52. The maximum absolute atomic E-state index is 15.0. The van der Waals surface area contributed by atoms with Crippen LogP contribution in [0.25, 0.3) is 0 Å². The molecule has 2 saturated carbocycles. The van der Waals surface area contributed by atoms with Gasteiger partial charge in [-0.2, -0.15) is 0 Å². The summed E-state index contributed by atoms with van der Waals surface area (Å²) in [7, 11) is 0. The van der Waals surface area contributed by atoms with Gasteiger partial charge in [-0.05, 0) is 80.4 Å². The average molecular weight is 528 g/mol. The smallest absolute Gasteiger partial charge is 0.237 e. The number of nitrogens with one attached hydrogen (secondary N) is 1. The fourth-order valence-corrected chi connectivity index (χ4v) is 10.7. The zero-order chi connectivity index (χ0) is 27.5. The summed E-state index contributed by atoms with van der Waals surface area (Å²) in [5.41, 5.74) is 4.58. The van der Waals surface area contributed by atoms with Crippen molar-refractivity contribution in [2.45, 2.75) is 66.9 Å². The molecule has 1 N–H and O–H groups in total. The first kappa shape index (κ1) is 25.3. The monoisotopic (exact) mass is 527 g/mol. The van der Waals surface area contributed by atoms with Crippen LogP contribution in [0, 0.1) is 64.6 Å². The number of amides is 2. The van der Waals surface area contributed by atoms with E-state index in [0.717, 1.165) is 17.7 Å². The molecule has 2 bridgehead atoms. The second kappa shape index (κ2) is 8.41. The van der Waals surface area contributed by atoms with E-state index < -0.39 is 29.1 Å². The van der Waals surface area contributed by atoms with Gasteiger partial charge in [-0.25, -0.2) is 0 Å². The molecular weight excluding hydrogens is 486 g/mol. The van der Waals surface area contributed by atoms with Crippen LogP contribution in [-0.2, 0) is 20.8 Å². The molecule has 0 spiro atoms. The molecule has 8 rings (SSSR count). The van der Waals surface area contributed by atoms with Crippen LogP contribution in [0.2, 0.25) is 0 Å². The summed E-state index contributed by atoms with van der Waals surface area (Å²) in [4.78, 5) is 41.5. The minimum atomic E-state index is -0.956. The fraction of sp³-hybridized carbons (Fsp3) is 0.618. The van der Waals surface area contributed by atoms with Crippen LogP contribution in [0.15, 0.2) is 47.1 Å². The number of benzene rings is 1. The Kier molecular flexibility index (Phi) is 5.45. The van der Waals surface area contributed by atoms with Crippen molar-refractivity contribution in [1.82, 2.24) is 5.32 Å². The highest BCUT2D eigenvalue weighted by molar-refractivity contribution is 6.16. The fourth-order valence-electron chi connectivity index (χ4n) is 10.7. The van der Waals surface area contributed by atoms with E-state index in [-0.39, 0.29) is 35.5 Å². The number of hydrogen-bond acceptors (Lipinski definition) is 4. The highest BCUT2D eigenvalue weighted by Gasteiger charge is 2.67. The molecule has 3 aliphatic heterocycles. The Labute approximate surface area is 231 Å². The number of rotatable bonds is 0. The summed E-state index contributed by atoms with van der Waals surface area (Å²) in [6.45, 7) is 13.8. The predicted octanol–water partition coefficient (Wildman–Crippen LogP) is 5.54. The van der Waals surface area contributed by atoms with Gasteiger partial charge in [0.15, 0.2) is 5.78 Å². The highest BCUT2D eigenvalue weighted by atomic mass is 16.5. The number of carbonyl (C=O) groups is 3. The first-order valence-corrected chi connectivity index (χ1v) is 15.1. The summed E-state index contributed by atoms with van der Waals surface area (Å²) in [6, 6.07) is 8.05. The first-order valence-electron chi connectivity index (χ1n) is 15.1. The van der Waals surface area contributed by atoms with Crippen LogP contribution >= 0.6 is 0 Å².